The average molecular weight is 503 g/mol. The second-order valence-corrected chi connectivity index (χ2v) is 10.6. The van der Waals surface area contributed by atoms with Gasteiger partial charge in [0.2, 0.25) is 5.89 Å². The molecule has 0 aliphatic carbocycles. The number of carbonyl (C=O) groups excluding carboxylic acids is 3. The molecule has 0 saturated carbocycles. The van der Waals surface area contributed by atoms with Gasteiger partial charge < -0.3 is 20.4 Å². The van der Waals surface area contributed by atoms with Crippen LogP contribution < -0.4 is 16.0 Å². The van der Waals surface area contributed by atoms with E-state index >= 15 is 0 Å². The fraction of sp³-hybridized carbons (Fsp3) is 0.455. The van der Waals surface area contributed by atoms with Crippen LogP contribution in [-0.2, 0) is 0 Å². The number of rotatable bonds is 2. The van der Waals surface area contributed by atoms with Crippen molar-refractivity contribution >= 4 is 40.4 Å². The monoisotopic (exact) mass is 502 g/mol. The molecule has 6 bridgehead atoms. The minimum absolute atomic E-state index is 0.0297. The van der Waals surface area contributed by atoms with Gasteiger partial charge in [0.25, 0.3) is 17.7 Å². The molecule has 10 nitrogen and oxygen atoms in total. The molecule has 12 heteroatoms. The molecule has 0 fully saturated rings. The first-order chi connectivity index (χ1) is 16.1. The number of amides is 3. The lowest BCUT2D eigenvalue weighted by molar-refractivity contribution is 0.0910. The molecule has 0 saturated heterocycles. The summed E-state index contributed by atoms with van der Waals surface area (Å²) in [5.74, 6) is -0.968. The molecule has 3 amide bonds. The van der Waals surface area contributed by atoms with E-state index in [1.807, 2.05) is 27.7 Å². The molecular formula is C22H26N6O4S2. The highest BCUT2D eigenvalue weighted by Gasteiger charge is 2.29. The van der Waals surface area contributed by atoms with Crippen molar-refractivity contribution in [2.24, 2.45) is 11.8 Å². The van der Waals surface area contributed by atoms with Gasteiger partial charge in [0.15, 0.2) is 5.69 Å². The largest absolute Gasteiger partial charge is 0.446 e. The fourth-order valence-electron chi connectivity index (χ4n) is 3.45. The van der Waals surface area contributed by atoms with Gasteiger partial charge in [0.05, 0.1) is 12.1 Å². The Balaban J connectivity index is 1.75. The van der Waals surface area contributed by atoms with Crippen LogP contribution >= 0.6 is 22.7 Å². The lowest BCUT2D eigenvalue weighted by Crippen LogP contribution is -2.34. The van der Waals surface area contributed by atoms with E-state index in [0.717, 1.165) is 0 Å². The number of aromatic nitrogens is 3. The van der Waals surface area contributed by atoms with Gasteiger partial charge in [-0.15, -0.1) is 22.7 Å². The first-order valence-electron chi connectivity index (χ1n) is 10.9. The van der Waals surface area contributed by atoms with Gasteiger partial charge in [0.1, 0.15) is 33.7 Å². The van der Waals surface area contributed by atoms with Gasteiger partial charge in [-0.2, -0.15) is 0 Å². The molecule has 0 radical (unpaired) electrons. The first-order valence-corrected chi connectivity index (χ1v) is 12.7. The van der Waals surface area contributed by atoms with Gasteiger partial charge in [-0.1, -0.05) is 27.7 Å². The van der Waals surface area contributed by atoms with Crippen molar-refractivity contribution in [3.8, 4) is 0 Å². The molecule has 0 aromatic carbocycles. The maximum Gasteiger partial charge on any atom is 0.273 e. The predicted molar refractivity (Wildman–Crippen MR) is 127 cm³/mol. The minimum Gasteiger partial charge on any atom is -0.446 e. The van der Waals surface area contributed by atoms with Gasteiger partial charge >= 0.3 is 0 Å². The second kappa shape index (κ2) is 9.63. The predicted octanol–water partition coefficient (Wildman–Crippen LogP) is 3.65. The number of fused-ring (bicyclic) bond motifs is 6. The summed E-state index contributed by atoms with van der Waals surface area (Å²) in [6, 6.07) is -1.39. The van der Waals surface area contributed by atoms with Crippen LogP contribution in [0.2, 0.25) is 0 Å². The lowest BCUT2D eigenvalue weighted by atomic mass is 10.0. The van der Waals surface area contributed by atoms with E-state index < -0.39 is 29.9 Å². The maximum atomic E-state index is 13.0. The normalized spacial score (nSPS) is 21.6. The second-order valence-electron chi connectivity index (χ2n) is 8.80. The molecule has 3 N–H and O–H groups in total. The molecule has 0 spiro atoms. The molecular weight excluding hydrogens is 476 g/mol. The third kappa shape index (κ3) is 4.87. The maximum absolute atomic E-state index is 13.0. The standard InChI is InChI=1S/C22H26N6O4S2/c1-9(2)15-20-24-12(6-32-20)17(29)23-11(5)21-25-13(7-33-21)19(31)28-16(10(3)4)22-26-14(8-34-22)18(30)27-15/h6-11,15-16H,1-5H3,(H,23,29)(H,27,30)(H,28,31)/t11-,15+,16+/m1/s1. The van der Waals surface area contributed by atoms with Crippen molar-refractivity contribution in [2.75, 3.05) is 0 Å². The van der Waals surface area contributed by atoms with Crippen molar-refractivity contribution in [1.82, 2.24) is 30.9 Å². The van der Waals surface area contributed by atoms with Crippen LogP contribution in [0.25, 0.3) is 0 Å². The average Bonchev–Trinajstić information content (AvgIpc) is 3.54. The van der Waals surface area contributed by atoms with Crippen LogP contribution in [-0.4, -0.2) is 32.7 Å². The molecule has 3 aromatic rings. The molecule has 3 atom stereocenters. The SMILES string of the molecule is CC(C)[C@@H]1NC(=O)c2csc(n2)[C@H](C(C)C)NC(=O)c2csc(n2)[C@@H](C)NC(=O)c2coc1n2. The summed E-state index contributed by atoms with van der Waals surface area (Å²) in [6.07, 6.45) is 1.27. The minimum atomic E-state index is -0.558. The van der Waals surface area contributed by atoms with Crippen LogP contribution in [0.1, 0.15) is 100 Å². The van der Waals surface area contributed by atoms with E-state index in [2.05, 4.69) is 30.9 Å². The quantitative estimate of drug-likeness (QED) is 0.486. The van der Waals surface area contributed by atoms with E-state index in [0.29, 0.717) is 10.0 Å². The highest BCUT2D eigenvalue weighted by Crippen LogP contribution is 2.28. The van der Waals surface area contributed by atoms with Gasteiger partial charge in [-0.05, 0) is 18.8 Å². The summed E-state index contributed by atoms with van der Waals surface area (Å²) in [5, 5.41) is 13.3. The summed E-state index contributed by atoms with van der Waals surface area (Å²) in [6.45, 7) is 9.55. The molecule has 34 heavy (non-hydrogen) atoms. The van der Waals surface area contributed by atoms with E-state index in [4.69, 9.17) is 4.42 Å². The van der Waals surface area contributed by atoms with Crippen LogP contribution in [0, 0.1) is 11.8 Å². The molecule has 4 rings (SSSR count). The van der Waals surface area contributed by atoms with Gasteiger partial charge in [-0.25, -0.2) is 15.0 Å². The topological polar surface area (TPSA) is 139 Å². The lowest BCUT2D eigenvalue weighted by Gasteiger charge is -2.20. The van der Waals surface area contributed by atoms with Crippen LogP contribution in [0.5, 0.6) is 0 Å². The first kappa shape index (κ1) is 24.0. The van der Waals surface area contributed by atoms with E-state index in [1.54, 1.807) is 17.7 Å². The molecule has 1 aliphatic heterocycles. The molecule has 0 unspecified atom stereocenters. The third-order valence-corrected chi connectivity index (χ3v) is 7.38. The van der Waals surface area contributed by atoms with Crippen molar-refractivity contribution in [1.29, 1.82) is 0 Å². The van der Waals surface area contributed by atoms with E-state index in [1.165, 1.54) is 28.9 Å². The summed E-state index contributed by atoms with van der Waals surface area (Å²) in [4.78, 5) is 51.9. The fourth-order valence-corrected chi connectivity index (χ4v) is 5.28. The Morgan fingerprint density at radius 2 is 1.29 bits per heavy atom. The number of oxazole rings is 1. The summed E-state index contributed by atoms with van der Waals surface area (Å²) >= 11 is 2.59. The highest BCUT2D eigenvalue weighted by molar-refractivity contribution is 7.10. The number of nitrogens with zero attached hydrogens (tertiary/aromatic N) is 3. The zero-order valence-corrected chi connectivity index (χ0v) is 21.0. The molecule has 1 aliphatic rings. The Hall–Kier alpha value is -3.12. The van der Waals surface area contributed by atoms with E-state index in [-0.39, 0.29) is 40.7 Å². The zero-order valence-electron chi connectivity index (χ0n) is 19.4. The highest BCUT2D eigenvalue weighted by atomic mass is 32.1. The Morgan fingerprint density at radius 3 is 1.91 bits per heavy atom. The summed E-state index contributed by atoms with van der Waals surface area (Å²) < 4.78 is 5.56. The smallest absolute Gasteiger partial charge is 0.273 e. The van der Waals surface area contributed by atoms with Gasteiger partial charge in [-0.3, -0.25) is 14.4 Å². The van der Waals surface area contributed by atoms with Crippen molar-refractivity contribution < 1.29 is 18.8 Å². The number of hydrogen-bond acceptors (Lipinski definition) is 9. The number of carbonyl (C=O) groups is 3. The van der Waals surface area contributed by atoms with E-state index in [9.17, 15) is 14.4 Å². The van der Waals surface area contributed by atoms with Crippen LogP contribution in [0.4, 0.5) is 0 Å². The summed E-state index contributed by atoms with van der Waals surface area (Å²) in [7, 11) is 0. The van der Waals surface area contributed by atoms with Gasteiger partial charge in [0, 0.05) is 10.8 Å². The summed E-state index contributed by atoms with van der Waals surface area (Å²) in [5.41, 5.74) is 0.583. The Morgan fingerprint density at radius 1 is 0.765 bits per heavy atom. The number of hydrogen-bond donors (Lipinski definition) is 3. The molecule has 180 valence electrons. The van der Waals surface area contributed by atoms with Crippen LogP contribution in [0.3, 0.4) is 0 Å². The molecule has 4 heterocycles. The van der Waals surface area contributed by atoms with Crippen molar-refractivity contribution in [2.45, 2.75) is 52.7 Å². The number of thiazole rings is 2. The number of nitrogens with one attached hydrogen (secondary N) is 3. The Kier molecular flexibility index (Phi) is 6.80. The molecule has 3 aromatic heterocycles. The Labute approximate surface area is 204 Å². The van der Waals surface area contributed by atoms with Crippen molar-refractivity contribution in [3.63, 3.8) is 0 Å². The van der Waals surface area contributed by atoms with Crippen molar-refractivity contribution in [3.05, 3.63) is 50.0 Å². The van der Waals surface area contributed by atoms with Crippen LogP contribution in [0.15, 0.2) is 21.4 Å². The third-order valence-electron chi connectivity index (χ3n) is 5.42. The Bertz CT molecular complexity index is 1210. The zero-order chi connectivity index (χ0) is 24.6.